The van der Waals surface area contributed by atoms with E-state index < -0.39 is 12.5 Å². The molecule has 1 heterocycles. The Kier molecular flexibility index (Phi) is 5.70. The lowest BCUT2D eigenvalue weighted by molar-refractivity contribution is -0.0230. The first kappa shape index (κ1) is 18.5. The summed E-state index contributed by atoms with van der Waals surface area (Å²) in [6.07, 6.45) is 0.716. The summed E-state index contributed by atoms with van der Waals surface area (Å²) < 4.78 is 38.2. The number of hydrogen-bond donors (Lipinski definition) is 0. The minimum atomic E-state index is -2.90. The second-order valence-corrected chi connectivity index (χ2v) is 5.88. The molecule has 0 aliphatic carbocycles. The third kappa shape index (κ3) is 3.98. The van der Waals surface area contributed by atoms with Gasteiger partial charge >= 0.3 is 0 Å². The standard InChI is InChI=1S/C17H21ClF2N2O2/c1-5-13-15(18)16(22(6-2)21-13)12-8-7-11(9-14(12)23-4)24-10-17(3,19)20/h7-9H,5-6,10H2,1-4H3. The van der Waals surface area contributed by atoms with Crippen molar-refractivity contribution in [2.75, 3.05) is 13.7 Å². The Morgan fingerprint density at radius 2 is 2.00 bits per heavy atom. The summed E-state index contributed by atoms with van der Waals surface area (Å²) in [6, 6.07) is 4.95. The van der Waals surface area contributed by atoms with Crippen LogP contribution in [-0.4, -0.2) is 29.4 Å². The average Bonchev–Trinajstić information content (AvgIpc) is 2.87. The molecule has 24 heavy (non-hydrogen) atoms. The molecule has 1 aromatic carbocycles. The molecule has 0 atom stereocenters. The zero-order valence-electron chi connectivity index (χ0n) is 14.2. The lowest BCUT2D eigenvalue weighted by atomic mass is 10.1. The van der Waals surface area contributed by atoms with Gasteiger partial charge in [0.2, 0.25) is 0 Å². The molecule has 2 aromatic rings. The molecule has 7 heteroatoms. The molecular formula is C17H21ClF2N2O2. The fourth-order valence-corrected chi connectivity index (χ4v) is 2.74. The lowest BCUT2D eigenvalue weighted by Crippen LogP contribution is -2.20. The van der Waals surface area contributed by atoms with Gasteiger partial charge in [0.05, 0.1) is 23.5 Å². The fraction of sp³-hybridized carbons (Fsp3) is 0.471. The van der Waals surface area contributed by atoms with E-state index in [1.165, 1.54) is 7.11 Å². The van der Waals surface area contributed by atoms with Crippen molar-refractivity contribution < 1.29 is 18.3 Å². The van der Waals surface area contributed by atoms with E-state index in [4.69, 9.17) is 21.1 Å². The summed E-state index contributed by atoms with van der Waals surface area (Å²) in [7, 11) is 1.51. The quantitative estimate of drug-likeness (QED) is 0.711. The number of nitrogens with zero attached hydrogens (tertiary/aromatic N) is 2. The molecule has 0 fully saturated rings. The van der Waals surface area contributed by atoms with Gasteiger partial charge in [0.1, 0.15) is 11.5 Å². The molecule has 2 rings (SSSR count). The molecule has 0 aliphatic rings. The van der Waals surface area contributed by atoms with Crippen molar-refractivity contribution in [3.8, 4) is 22.8 Å². The number of aromatic nitrogens is 2. The Bertz CT molecular complexity index is 711. The topological polar surface area (TPSA) is 36.3 Å². The molecule has 0 aliphatic heterocycles. The Balaban J connectivity index is 2.43. The van der Waals surface area contributed by atoms with Crippen LogP contribution in [0.1, 0.15) is 26.5 Å². The summed E-state index contributed by atoms with van der Waals surface area (Å²) in [6.45, 7) is 4.72. The highest BCUT2D eigenvalue weighted by molar-refractivity contribution is 6.33. The van der Waals surface area contributed by atoms with Crippen LogP contribution >= 0.6 is 11.6 Å². The summed E-state index contributed by atoms with van der Waals surface area (Å²) >= 11 is 6.46. The number of aryl methyl sites for hydroxylation is 2. The van der Waals surface area contributed by atoms with Gasteiger partial charge in [0.15, 0.2) is 6.61 Å². The summed E-state index contributed by atoms with van der Waals surface area (Å²) in [5.41, 5.74) is 2.30. The Morgan fingerprint density at radius 3 is 2.54 bits per heavy atom. The van der Waals surface area contributed by atoms with Crippen LogP contribution in [-0.2, 0) is 13.0 Å². The van der Waals surface area contributed by atoms with E-state index in [2.05, 4.69) is 5.10 Å². The molecule has 0 unspecified atom stereocenters. The third-order valence-corrected chi connectivity index (χ3v) is 3.91. The maximum Gasteiger partial charge on any atom is 0.278 e. The number of methoxy groups -OCH3 is 1. The zero-order valence-corrected chi connectivity index (χ0v) is 15.0. The molecular weight excluding hydrogens is 338 g/mol. The van der Waals surface area contributed by atoms with Gasteiger partial charge in [-0.05, 0) is 25.5 Å². The van der Waals surface area contributed by atoms with Crippen molar-refractivity contribution in [1.29, 1.82) is 0 Å². The molecule has 0 N–H and O–H groups in total. The number of halogens is 3. The van der Waals surface area contributed by atoms with E-state index in [1.807, 2.05) is 13.8 Å². The van der Waals surface area contributed by atoms with Crippen LogP contribution in [0, 0.1) is 0 Å². The van der Waals surface area contributed by atoms with Gasteiger partial charge < -0.3 is 9.47 Å². The van der Waals surface area contributed by atoms with Gasteiger partial charge in [0.25, 0.3) is 5.92 Å². The fourth-order valence-electron chi connectivity index (χ4n) is 2.37. The van der Waals surface area contributed by atoms with E-state index in [9.17, 15) is 8.78 Å². The number of ether oxygens (including phenoxy) is 2. The van der Waals surface area contributed by atoms with Crippen LogP contribution in [0.5, 0.6) is 11.5 Å². The van der Waals surface area contributed by atoms with Crippen LogP contribution in [0.15, 0.2) is 18.2 Å². The zero-order chi connectivity index (χ0) is 17.9. The van der Waals surface area contributed by atoms with Gasteiger partial charge in [-0.3, -0.25) is 4.68 Å². The molecule has 0 radical (unpaired) electrons. The minimum Gasteiger partial charge on any atom is -0.496 e. The molecule has 0 amide bonds. The normalized spacial score (nSPS) is 11.6. The highest BCUT2D eigenvalue weighted by atomic mass is 35.5. The van der Waals surface area contributed by atoms with Crippen LogP contribution in [0.2, 0.25) is 5.02 Å². The minimum absolute atomic E-state index is 0.312. The SMILES string of the molecule is CCc1nn(CC)c(-c2ccc(OCC(C)(F)F)cc2OC)c1Cl. The first-order valence-corrected chi connectivity index (χ1v) is 8.12. The number of benzene rings is 1. The van der Waals surface area contributed by atoms with Gasteiger partial charge in [-0.1, -0.05) is 18.5 Å². The molecule has 4 nitrogen and oxygen atoms in total. The van der Waals surface area contributed by atoms with Crippen molar-refractivity contribution >= 4 is 11.6 Å². The second-order valence-electron chi connectivity index (χ2n) is 5.50. The van der Waals surface area contributed by atoms with E-state index in [0.29, 0.717) is 29.5 Å². The Labute approximate surface area is 145 Å². The van der Waals surface area contributed by atoms with E-state index in [0.717, 1.165) is 23.9 Å². The van der Waals surface area contributed by atoms with Crippen molar-refractivity contribution in [2.45, 2.75) is 39.7 Å². The Hall–Kier alpha value is -1.82. The molecule has 132 valence electrons. The van der Waals surface area contributed by atoms with Gasteiger partial charge in [-0.15, -0.1) is 0 Å². The van der Waals surface area contributed by atoms with Crippen molar-refractivity contribution in [2.24, 2.45) is 0 Å². The molecule has 0 bridgehead atoms. The lowest BCUT2D eigenvalue weighted by Gasteiger charge is -2.15. The van der Waals surface area contributed by atoms with Crippen LogP contribution < -0.4 is 9.47 Å². The van der Waals surface area contributed by atoms with Crippen LogP contribution in [0.3, 0.4) is 0 Å². The first-order valence-electron chi connectivity index (χ1n) is 7.74. The van der Waals surface area contributed by atoms with Crippen LogP contribution in [0.25, 0.3) is 11.3 Å². The maximum atomic E-state index is 12.9. The average molecular weight is 359 g/mol. The summed E-state index contributed by atoms with van der Waals surface area (Å²) in [5.74, 6) is -2.09. The van der Waals surface area contributed by atoms with Gasteiger partial charge in [-0.25, -0.2) is 8.78 Å². The monoisotopic (exact) mass is 358 g/mol. The van der Waals surface area contributed by atoms with E-state index >= 15 is 0 Å². The number of hydrogen-bond acceptors (Lipinski definition) is 3. The van der Waals surface area contributed by atoms with Gasteiger partial charge in [0, 0.05) is 25.1 Å². The van der Waals surface area contributed by atoms with Crippen molar-refractivity contribution in [3.05, 3.63) is 28.9 Å². The largest absolute Gasteiger partial charge is 0.496 e. The Morgan fingerprint density at radius 1 is 1.29 bits per heavy atom. The number of alkyl halides is 2. The van der Waals surface area contributed by atoms with Crippen molar-refractivity contribution in [3.63, 3.8) is 0 Å². The smallest absolute Gasteiger partial charge is 0.278 e. The van der Waals surface area contributed by atoms with E-state index in [-0.39, 0.29) is 0 Å². The van der Waals surface area contributed by atoms with Crippen molar-refractivity contribution in [1.82, 2.24) is 9.78 Å². The molecule has 0 spiro atoms. The highest BCUT2D eigenvalue weighted by Crippen LogP contribution is 2.39. The molecule has 0 saturated carbocycles. The van der Waals surface area contributed by atoms with E-state index in [1.54, 1.807) is 22.9 Å². The van der Waals surface area contributed by atoms with Crippen LogP contribution in [0.4, 0.5) is 8.78 Å². The summed E-state index contributed by atoms with van der Waals surface area (Å²) in [5, 5.41) is 5.06. The molecule has 0 saturated heterocycles. The van der Waals surface area contributed by atoms with Gasteiger partial charge in [-0.2, -0.15) is 5.10 Å². The molecule has 1 aromatic heterocycles. The predicted octanol–water partition coefficient (Wildman–Crippen LogP) is 4.83. The second kappa shape index (κ2) is 7.38. The predicted molar refractivity (Wildman–Crippen MR) is 90.4 cm³/mol. The summed E-state index contributed by atoms with van der Waals surface area (Å²) in [4.78, 5) is 0. The highest BCUT2D eigenvalue weighted by Gasteiger charge is 2.23. The first-order chi connectivity index (χ1) is 11.3. The maximum absolute atomic E-state index is 12.9. The number of rotatable bonds is 7. The third-order valence-electron chi connectivity index (χ3n) is 3.52.